The van der Waals surface area contributed by atoms with Crippen LogP contribution in [0.4, 0.5) is 5.69 Å². The Bertz CT molecular complexity index is 874. The second kappa shape index (κ2) is 6.23. The minimum absolute atomic E-state index is 0.165. The summed E-state index contributed by atoms with van der Waals surface area (Å²) < 4.78 is 5.01. The minimum atomic E-state index is -0.279. The molecule has 0 aromatic heterocycles. The molecule has 0 spiro atoms. The van der Waals surface area contributed by atoms with E-state index < -0.39 is 0 Å². The molecule has 1 aliphatic heterocycles. The van der Waals surface area contributed by atoms with Crippen molar-refractivity contribution in [3.8, 4) is 0 Å². The molecule has 25 heavy (non-hydrogen) atoms. The number of ether oxygens (including phenoxy) is 1. The van der Waals surface area contributed by atoms with Crippen LogP contribution < -0.4 is 5.32 Å². The van der Waals surface area contributed by atoms with E-state index in [1.807, 2.05) is 30.3 Å². The highest BCUT2D eigenvalue weighted by Gasteiger charge is 2.40. The van der Waals surface area contributed by atoms with Crippen LogP contribution in [0.5, 0.6) is 0 Å². The molecule has 3 nitrogen and oxygen atoms in total. The van der Waals surface area contributed by atoms with Gasteiger partial charge in [0.1, 0.15) is 0 Å². The van der Waals surface area contributed by atoms with E-state index >= 15 is 0 Å². The van der Waals surface area contributed by atoms with Crippen LogP contribution in [0.3, 0.4) is 0 Å². The molecular formula is C21H20ClNO2. The molecule has 0 saturated heterocycles. The number of benzene rings is 2. The van der Waals surface area contributed by atoms with Crippen molar-refractivity contribution >= 4 is 23.3 Å². The Morgan fingerprint density at radius 1 is 1.28 bits per heavy atom. The number of allylic oxidation sites excluding steroid dienone is 2. The van der Waals surface area contributed by atoms with E-state index in [-0.39, 0.29) is 17.9 Å². The number of hydrogen-bond acceptors (Lipinski definition) is 3. The molecular weight excluding hydrogens is 334 g/mol. The van der Waals surface area contributed by atoms with E-state index in [2.05, 4.69) is 30.5 Å². The van der Waals surface area contributed by atoms with E-state index in [0.29, 0.717) is 11.5 Å². The summed E-state index contributed by atoms with van der Waals surface area (Å²) >= 11 is 6.22. The third-order valence-corrected chi connectivity index (χ3v) is 5.58. The van der Waals surface area contributed by atoms with E-state index in [0.717, 1.165) is 28.3 Å². The highest BCUT2D eigenvalue weighted by molar-refractivity contribution is 6.30. The topological polar surface area (TPSA) is 38.3 Å². The number of anilines is 1. The van der Waals surface area contributed by atoms with Gasteiger partial charge in [0.2, 0.25) is 0 Å². The molecule has 0 amide bonds. The van der Waals surface area contributed by atoms with Crippen molar-refractivity contribution in [1.29, 1.82) is 0 Å². The van der Waals surface area contributed by atoms with Crippen molar-refractivity contribution in [1.82, 2.24) is 0 Å². The van der Waals surface area contributed by atoms with E-state index in [1.165, 1.54) is 12.7 Å². The SMILES string of the molecule is COC(=O)c1ccc(C)c2c1[C@@H]1C=CC[C@H]1[C@H](c1cccc(Cl)c1)N2. The molecule has 0 saturated carbocycles. The molecule has 4 heteroatoms. The Morgan fingerprint density at radius 2 is 2.12 bits per heavy atom. The lowest BCUT2D eigenvalue weighted by Crippen LogP contribution is -2.31. The summed E-state index contributed by atoms with van der Waals surface area (Å²) in [5.74, 6) is 0.281. The van der Waals surface area contributed by atoms with Gasteiger partial charge in [-0.05, 0) is 54.2 Å². The number of halogens is 1. The Kier molecular flexibility index (Phi) is 4.04. The molecule has 1 N–H and O–H groups in total. The zero-order valence-electron chi connectivity index (χ0n) is 14.3. The lowest BCUT2D eigenvalue weighted by molar-refractivity contribution is 0.0598. The van der Waals surface area contributed by atoms with Gasteiger partial charge in [0, 0.05) is 16.6 Å². The van der Waals surface area contributed by atoms with Gasteiger partial charge in [-0.1, -0.05) is 42.0 Å². The maximum atomic E-state index is 12.3. The Balaban J connectivity index is 1.87. The highest BCUT2D eigenvalue weighted by Crippen LogP contribution is 2.51. The average molecular weight is 354 g/mol. The summed E-state index contributed by atoms with van der Waals surface area (Å²) in [5, 5.41) is 4.44. The maximum absolute atomic E-state index is 12.3. The summed E-state index contributed by atoms with van der Waals surface area (Å²) in [7, 11) is 1.43. The van der Waals surface area contributed by atoms with Gasteiger partial charge >= 0.3 is 5.97 Å². The summed E-state index contributed by atoms with van der Waals surface area (Å²) in [6.45, 7) is 2.07. The normalized spacial score (nSPS) is 23.6. The largest absolute Gasteiger partial charge is 0.465 e. The first-order valence-electron chi connectivity index (χ1n) is 8.50. The van der Waals surface area contributed by atoms with Crippen LogP contribution in [0.15, 0.2) is 48.6 Å². The van der Waals surface area contributed by atoms with Crippen LogP contribution in [0.25, 0.3) is 0 Å². The number of esters is 1. The summed E-state index contributed by atoms with van der Waals surface area (Å²) in [5.41, 5.74) is 5.07. The van der Waals surface area contributed by atoms with Gasteiger partial charge in [0.15, 0.2) is 0 Å². The minimum Gasteiger partial charge on any atom is -0.465 e. The zero-order chi connectivity index (χ0) is 17.6. The van der Waals surface area contributed by atoms with E-state index in [9.17, 15) is 4.79 Å². The molecule has 2 aliphatic rings. The third kappa shape index (κ3) is 2.63. The van der Waals surface area contributed by atoms with E-state index in [1.54, 1.807) is 0 Å². The van der Waals surface area contributed by atoms with Crippen LogP contribution in [0.2, 0.25) is 5.02 Å². The summed E-state index contributed by atoms with van der Waals surface area (Å²) in [4.78, 5) is 12.3. The lowest BCUT2D eigenvalue weighted by atomic mass is 9.75. The molecule has 2 aromatic rings. The zero-order valence-corrected chi connectivity index (χ0v) is 15.0. The average Bonchev–Trinajstić information content (AvgIpc) is 3.10. The quantitative estimate of drug-likeness (QED) is 0.591. The first-order chi connectivity index (χ1) is 12.1. The van der Waals surface area contributed by atoms with Crippen molar-refractivity contribution in [2.45, 2.75) is 25.3 Å². The van der Waals surface area contributed by atoms with Gasteiger partial charge in [0.25, 0.3) is 0 Å². The van der Waals surface area contributed by atoms with Crippen LogP contribution in [0.1, 0.15) is 45.4 Å². The van der Waals surface area contributed by atoms with Gasteiger partial charge < -0.3 is 10.1 Å². The fourth-order valence-corrected chi connectivity index (χ4v) is 4.37. The van der Waals surface area contributed by atoms with Crippen molar-refractivity contribution < 1.29 is 9.53 Å². The standard InChI is InChI=1S/C21H20ClNO2/c1-12-9-10-17(21(24)25-2)18-15-7-4-8-16(15)20(23-19(12)18)13-5-3-6-14(22)11-13/h3-7,9-11,15-16,20,23H,8H2,1-2H3/t15-,16-,20+/m1/s1. The molecule has 1 aliphatic carbocycles. The molecule has 0 radical (unpaired) electrons. The number of rotatable bonds is 2. The van der Waals surface area contributed by atoms with Crippen molar-refractivity contribution in [3.63, 3.8) is 0 Å². The summed E-state index contributed by atoms with van der Waals surface area (Å²) in [6, 6.07) is 12.0. The molecule has 128 valence electrons. The van der Waals surface area contributed by atoms with Crippen molar-refractivity contribution in [3.05, 3.63) is 75.8 Å². The fourth-order valence-electron chi connectivity index (χ4n) is 4.17. The predicted molar refractivity (Wildman–Crippen MR) is 100 cm³/mol. The van der Waals surface area contributed by atoms with Crippen molar-refractivity contribution in [2.24, 2.45) is 5.92 Å². The molecule has 3 atom stereocenters. The molecule has 1 heterocycles. The van der Waals surface area contributed by atoms with Crippen LogP contribution >= 0.6 is 11.6 Å². The number of fused-ring (bicyclic) bond motifs is 3. The number of hydrogen-bond donors (Lipinski definition) is 1. The van der Waals surface area contributed by atoms with Crippen molar-refractivity contribution in [2.75, 3.05) is 12.4 Å². The van der Waals surface area contributed by atoms with Gasteiger partial charge in [0.05, 0.1) is 18.7 Å². The Labute approximate surface area is 152 Å². The maximum Gasteiger partial charge on any atom is 0.338 e. The number of nitrogens with one attached hydrogen (secondary N) is 1. The lowest BCUT2D eigenvalue weighted by Gasteiger charge is -2.39. The fraction of sp³-hybridized carbons (Fsp3) is 0.286. The second-order valence-electron chi connectivity index (χ2n) is 6.74. The summed E-state index contributed by atoms with van der Waals surface area (Å²) in [6.07, 6.45) is 5.42. The van der Waals surface area contributed by atoms with Gasteiger partial charge in [-0.2, -0.15) is 0 Å². The first kappa shape index (κ1) is 16.2. The Morgan fingerprint density at radius 3 is 2.88 bits per heavy atom. The molecule has 0 fully saturated rings. The predicted octanol–water partition coefficient (Wildman–Crippen LogP) is 5.26. The number of methoxy groups -OCH3 is 1. The number of carbonyl (C=O) groups is 1. The van der Waals surface area contributed by atoms with Gasteiger partial charge in [-0.25, -0.2) is 4.79 Å². The first-order valence-corrected chi connectivity index (χ1v) is 8.88. The molecule has 4 rings (SSSR count). The van der Waals surface area contributed by atoms with E-state index in [4.69, 9.17) is 16.3 Å². The molecule has 0 bridgehead atoms. The highest BCUT2D eigenvalue weighted by atomic mass is 35.5. The monoisotopic (exact) mass is 353 g/mol. The van der Waals surface area contributed by atoms with Crippen LogP contribution in [-0.4, -0.2) is 13.1 Å². The van der Waals surface area contributed by atoms with Crippen LogP contribution in [-0.2, 0) is 4.74 Å². The van der Waals surface area contributed by atoms with Gasteiger partial charge in [-0.15, -0.1) is 0 Å². The molecule has 2 aromatic carbocycles. The second-order valence-corrected chi connectivity index (χ2v) is 7.18. The van der Waals surface area contributed by atoms with Crippen LogP contribution in [0, 0.1) is 12.8 Å². The third-order valence-electron chi connectivity index (χ3n) is 5.34. The number of carbonyl (C=O) groups excluding carboxylic acids is 1. The smallest absolute Gasteiger partial charge is 0.338 e. The van der Waals surface area contributed by atoms with Gasteiger partial charge in [-0.3, -0.25) is 0 Å². The molecule has 0 unspecified atom stereocenters. The number of aryl methyl sites for hydroxylation is 1. The Hall–Kier alpha value is -2.26.